The fourth-order valence-corrected chi connectivity index (χ4v) is 0.715. The van der Waals surface area contributed by atoms with E-state index in [0.717, 1.165) is 6.42 Å². The zero-order valence-corrected chi connectivity index (χ0v) is 6.90. The summed E-state index contributed by atoms with van der Waals surface area (Å²) in [6.07, 6.45) is 11.1. The Bertz CT molecular complexity index is 168. The molecule has 0 aliphatic carbocycles. The average Bonchev–Trinajstić information content (AvgIpc) is 2.13. The molecule has 0 atom stereocenters. The van der Waals surface area contributed by atoms with Crippen LogP contribution < -0.4 is 5.32 Å². The van der Waals surface area contributed by atoms with Gasteiger partial charge in [0.2, 0.25) is 0 Å². The van der Waals surface area contributed by atoms with E-state index in [9.17, 15) is 0 Å². The molecule has 0 radical (unpaired) electrons. The molecule has 0 aromatic carbocycles. The molecular formula is C8H11NNi. The van der Waals surface area contributed by atoms with Gasteiger partial charge < -0.3 is 5.32 Å². The van der Waals surface area contributed by atoms with E-state index in [4.69, 9.17) is 0 Å². The van der Waals surface area contributed by atoms with Crippen molar-refractivity contribution in [2.45, 2.75) is 13.3 Å². The minimum Gasteiger partial charge on any atom is -0.365 e. The summed E-state index contributed by atoms with van der Waals surface area (Å²) >= 11 is 0. The van der Waals surface area contributed by atoms with Crippen LogP contribution in [0.4, 0.5) is 0 Å². The Morgan fingerprint density at radius 2 is 2.10 bits per heavy atom. The summed E-state index contributed by atoms with van der Waals surface area (Å²) in [5.41, 5.74) is 1.26. The maximum absolute atomic E-state index is 3.15. The number of hydrogen-bond donors (Lipinski definition) is 1. The van der Waals surface area contributed by atoms with Crippen LogP contribution in [0.3, 0.4) is 0 Å². The Morgan fingerprint density at radius 3 is 2.80 bits per heavy atom. The second kappa shape index (κ2) is 5.31. The van der Waals surface area contributed by atoms with Gasteiger partial charge in [-0.2, -0.15) is 0 Å². The molecule has 0 amide bonds. The van der Waals surface area contributed by atoms with Crippen LogP contribution in [0.2, 0.25) is 0 Å². The molecule has 1 nitrogen and oxygen atoms in total. The molecule has 0 saturated carbocycles. The van der Waals surface area contributed by atoms with Crippen LogP contribution in [0, 0.1) is 0 Å². The molecule has 0 fully saturated rings. The summed E-state index contributed by atoms with van der Waals surface area (Å²) in [7, 11) is 0. The summed E-state index contributed by atoms with van der Waals surface area (Å²) in [5, 5.41) is 3.15. The molecule has 2 heteroatoms. The van der Waals surface area contributed by atoms with Gasteiger partial charge in [-0.25, -0.2) is 0 Å². The van der Waals surface area contributed by atoms with Crippen LogP contribution in [-0.2, 0) is 16.5 Å². The second-order valence-corrected chi connectivity index (χ2v) is 1.93. The third-order valence-electron chi connectivity index (χ3n) is 1.27. The van der Waals surface area contributed by atoms with Gasteiger partial charge in [0, 0.05) is 28.4 Å². The van der Waals surface area contributed by atoms with Crippen LogP contribution in [0.25, 0.3) is 0 Å². The fourth-order valence-electron chi connectivity index (χ4n) is 0.715. The molecule has 0 unspecified atom stereocenters. The second-order valence-electron chi connectivity index (χ2n) is 1.93. The van der Waals surface area contributed by atoms with E-state index in [2.05, 4.69) is 18.3 Å². The molecule has 58 valence electrons. The largest absolute Gasteiger partial charge is 0.365 e. The summed E-state index contributed by atoms with van der Waals surface area (Å²) in [6, 6.07) is 0. The molecule has 0 saturated heterocycles. The summed E-state index contributed by atoms with van der Waals surface area (Å²) in [5.74, 6) is 0. The fraction of sp³-hybridized carbons (Fsp3) is 0.250. The van der Waals surface area contributed by atoms with Gasteiger partial charge in [-0.3, -0.25) is 0 Å². The zero-order valence-electron chi connectivity index (χ0n) is 5.91. The van der Waals surface area contributed by atoms with Crippen molar-refractivity contribution in [2.75, 3.05) is 0 Å². The van der Waals surface area contributed by atoms with Crippen molar-refractivity contribution >= 4 is 0 Å². The molecule has 1 N–H and O–H groups in total. The Balaban J connectivity index is 0.000000810. The number of rotatable bonds is 1. The van der Waals surface area contributed by atoms with Crippen molar-refractivity contribution in [2.24, 2.45) is 0 Å². The standard InChI is InChI=1S/C8H11N.Ni/c1-2-8-6-4-3-5-7-9-8;/h3-7,9H,2H2,1H3;. The number of hydrogen-bond acceptors (Lipinski definition) is 1. The summed E-state index contributed by atoms with van der Waals surface area (Å²) in [6.45, 7) is 2.13. The average molecular weight is 180 g/mol. The first kappa shape index (κ1) is 9.51. The Hall–Kier alpha value is -0.486. The maximum atomic E-state index is 3.15. The van der Waals surface area contributed by atoms with Crippen LogP contribution in [0.5, 0.6) is 0 Å². The third-order valence-corrected chi connectivity index (χ3v) is 1.27. The van der Waals surface area contributed by atoms with Crippen LogP contribution in [0.15, 0.2) is 36.2 Å². The molecule has 0 bridgehead atoms. The predicted octanol–water partition coefficient (Wildman–Crippen LogP) is 1.95. The van der Waals surface area contributed by atoms with Gasteiger partial charge in [-0.15, -0.1) is 0 Å². The van der Waals surface area contributed by atoms with Crippen LogP contribution in [-0.4, -0.2) is 0 Å². The minimum absolute atomic E-state index is 0. The maximum Gasteiger partial charge on any atom is 0.0143 e. The van der Waals surface area contributed by atoms with E-state index in [0.29, 0.717) is 0 Å². The van der Waals surface area contributed by atoms with Crippen molar-refractivity contribution in [3.05, 3.63) is 36.2 Å². The van der Waals surface area contributed by atoms with Crippen molar-refractivity contribution in [1.82, 2.24) is 5.32 Å². The Labute approximate surface area is 71.8 Å². The van der Waals surface area contributed by atoms with E-state index in [-0.39, 0.29) is 16.5 Å². The molecule has 1 aliphatic rings. The molecule has 0 aromatic rings. The molecule has 1 heterocycles. The van der Waals surface area contributed by atoms with Crippen molar-refractivity contribution in [3.63, 3.8) is 0 Å². The topological polar surface area (TPSA) is 12.0 Å². The SMILES string of the molecule is CCC1=CC=CC=CN1.[Ni]. The first-order valence-corrected chi connectivity index (χ1v) is 3.22. The first-order valence-electron chi connectivity index (χ1n) is 3.22. The zero-order chi connectivity index (χ0) is 6.53. The van der Waals surface area contributed by atoms with E-state index < -0.39 is 0 Å². The van der Waals surface area contributed by atoms with E-state index in [1.54, 1.807) is 0 Å². The van der Waals surface area contributed by atoms with E-state index in [1.165, 1.54) is 5.70 Å². The van der Waals surface area contributed by atoms with E-state index in [1.807, 2.05) is 24.4 Å². The predicted molar refractivity (Wildman–Crippen MR) is 39.8 cm³/mol. The molecule has 10 heavy (non-hydrogen) atoms. The first-order chi connectivity index (χ1) is 4.43. The smallest absolute Gasteiger partial charge is 0.0143 e. The van der Waals surface area contributed by atoms with Gasteiger partial charge in [0.25, 0.3) is 0 Å². The van der Waals surface area contributed by atoms with Gasteiger partial charge >= 0.3 is 0 Å². The quantitative estimate of drug-likeness (QED) is 0.608. The molecule has 0 aromatic heterocycles. The van der Waals surface area contributed by atoms with Crippen molar-refractivity contribution in [3.8, 4) is 0 Å². The van der Waals surface area contributed by atoms with Gasteiger partial charge in [0.1, 0.15) is 0 Å². The summed E-state index contributed by atoms with van der Waals surface area (Å²) in [4.78, 5) is 0. The van der Waals surface area contributed by atoms with Crippen LogP contribution >= 0.6 is 0 Å². The third kappa shape index (κ3) is 2.88. The molecule has 1 rings (SSSR count). The van der Waals surface area contributed by atoms with Gasteiger partial charge in [0.15, 0.2) is 0 Å². The Morgan fingerprint density at radius 1 is 1.30 bits per heavy atom. The van der Waals surface area contributed by atoms with Gasteiger partial charge in [-0.05, 0) is 18.6 Å². The normalized spacial score (nSPS) is 14.7. The minimum atomic E-state index is 0. The molecule has 1 aliphatic heterocycles. The van der Waals surface area contributed by atoms with Crippen LogP contribution in [0.1, 0.15) is 13.3 Å². The van der Waals surface area contributed by atoms with Crippen molar-refractivity contribution in [1.29, 1.82) is 0 Å². The Kier molecular flexibility index (Phi) is 5.05. The summed E-state index contributed by atoms with van der Waals surface area (Å²) < 4.78 is 0. The van der Waals surface area contributed by atoms with E-state index >= 15 is 0 Å². The number of nitrogens with one attached hydrogen (secondary N) is 1. The monoisotopic (exact) mass is 179 g/mol. The van der Waals surface area contributed by atoms with Crippen molar-refractivity contribution < 1.29 is 16.5 Å². The van der Waals surface area contributed by atoms with Gasteiger partial charge in [0.05, 0.1) is 0 Å². The number of allylic oxidation sites excluding steroid dienone is 5. The molecule has 0 spiro atoms. The molecular weight excluding hydrogens is 169 g/mol. The van der Waals surface area contributed by atoms with Gasteiger partial charge in [-0.1, -0.05) is 19.1 Å².